The highest BCUT2D eigenvalue weighted by Crippen LogP contribution is 2.56. The Morgan fingerprint density at radius 3 is 1.49 bits per heavy atom. The summed E-state index contributed by atoms with van der Waals surface area (Å²) < 4.78 is 2.32. The first-order valence-electron chi connectivity index (χ1n) is 16.9. The maximum Gasteiger partial charge on any atom is 0.141 e. The van der Waals surface area contributed by atoms with E-state index in [-0.39, 0.29) is 10.8 Å². The zero-order valence-electron chi connectivity index (χ0n) is 27.7. The normalized spacial score (nSPS) is 14.9. The standard InChI is InChI=1S/C45H38N2/c1-6-47-42-22-19-32(25-41(42)46-43(47)29-15-11-8-12-16-29)31-18-21-34-36-27-39-35(26-40(36)45(4,5)38(34)24-31)33-20-17-30(23-37(33)44(39,2)3)28-13-9-7-10-14-28/h7-27H,6H2,1-5H3. The fourth-order valence-electron chi connectivity index (χ4n) is 8.39. The van der Waals surface area contributed by atoms with Crippen molar-refractivity contribution in [1.29, 1.82) is 0 Å². The van der Waals surface area contributed by atoms with Gasteiger partial charge in [-0.3, -0.25) is 0 Å². The van der Waals surface area contributed by atoms with E-state index in [9.17, 15) is 0 Å². The molecule has 0 unspecified atom stereocenters. The maximum atomic E-state index is 5.13. The largest absolute Gasteiger partial charge is 0.324 e. The van der Waals surface area contributed by atoms with E-state index in [4.69, 9.17) is 4.98 Å². The Bertz CT molecular complexity index is 2370. The van der Waals surface area contributed by atoms with Gasteiger partial charge in [-0.15, -0.1) is 0 Å². The van der Waals surface area contributed by atoms with Gasteiger partial charge in [0.1, 0.15) is 5.82 Å². The molecule has 2 heteroatoms. The highest BCUT2D eigenvalue weighted by atomic mass is 15.1. The van der Waals surface area contributed by atoms with E-state index in [2.05, 4.69) is 167 Å². The van der Waals surface area contributed by atoms with Crippen molar-refractivity contribution in [2.24, 2.45) is 0 Å². The molecule has 2 nitrogen and oxygen atoms in total. The zero-order valence-corrected chi connectivity index (χ0v) is 27.7. The Kier molecular flexibility index (Phi) is 5.90. The number of benzene rings is 6. The van der Waals surface area contributed by atoms with Gasteiger partial charge in [-0.1, -0.05) is 119 Å². The fourth-order valence-corrected chi connectivity index (χ4v) is 8.39. The van der Waals surface area contributed by atoms with Crippen LogP contribution in [0.15, 0.2) is 127 Å². The molecule has 1 aromatic heterocycles. The number of rotatable bonds is 4. The van der Waals surface area contributed by atoms with E-state index in [1.54, 1.807) is 0 Å². The number of aromatic nitrogens is 2. The van der Waals surface area contributed by atoms with Crippen molar-refractivity contribution in [3.05, 3.63) is 150 Å². The van der Waals surface area contributed by atoms with Crippen LogP contribution in [0.4, 0.5) is 0 Å². The average molecular weight is 607 g/mol. The summed E-state index contributed by atoms with van der Waals surface area (Å²) in [6.45, 7) is 12.6. The highest BCUT2D eigenvalue weighted by Gasteiger charge is 2.41. The Hall–Kier alpha value is -5.21. The quantitative estimate of drug-likeness (QED) is 0.195. The van der Waals surface area contributed by atoms with Gasteiger partial charge in [0.2, 0.25) is 0 Å². The number of imidazole rings is 1. The van der Waals surface area contributed by atoms with Crippen molar-refractivity contribution in [1.82, 2.24) is 9.55 Å². The van der Waals surface area contributed by atoms with E-state index in [0.717, 1.165) is 23.4 Å². The second-order valence-corrected chi connectivity index (χ2v) is 14.3. The molecule has 0 aliphatic heterocycles. The van der Waals surface area contributed by atoms with Gasteiger partial charge in [-0.2, -0.15) is 0 Å². The lowest BCUT2D eigenvalue weighted by Crippen LogP contribution is -2.17. The van der Waals surface area contributed by atoms with Crippen molar-refractivity contribution in [3.63, 3.8) is 0 Å². The summed E-state index contributed by atoms with van der Waals surface area (Å²) in [6.07, 6.45) is 0. The third-order valence-electron chi connectivity index (χ3n) is 11.0. The number of hydrogen-bond acceptors (Lipinski definition) is 1. The topological polar surface area (TPSA) is 17.8 Å². The number of nitrogens with zero attached hydrogens (tertiary/aromatic N) is 2. The smallest absolute Gasteiger partial charge is 0.141 e. The van der Waals surface area contributed by atoms with Gasteiger partial charge in [-0.25, -0.2) is 4.98 Å². The molecular weight excluding hydrogens is 569 g/mol. The Labute approximate surface area is 277 Å². The molecule has 0 amide bonds. The van der Waals surface area contributed by atoms with Crippen LogP contribution in [0.1, 0.15) is 56.9 Å². The minimum atomic E-state index is -0.110. The number of aryl methyl sites for hydroxylation is 1. The lowest BCUT2D eigenvalue weighted by molar-refractivity contribution is 0.652. The van der Waals surface area contributed by atoms with Gasteiger partial charge >= 0.3 is 0 Å². The lowest BCUT2D eigenvalue weighted by atomic mass is 9.79. The molecule has 47 heavy (non-hydrogen) atoms. The minimum absolute atomic E-state index is 0.0762. The van der Waals surface area contributed by atoms with Crippen LogP contribution >= 0.6 is 0 Å². The summed E-state index contributed by atoms with van der Waals surface area (Å²) in [5.41, 5.74) is 19.3. The molecule has 9 rings (SSSR count). The minimum Gasteiger partial charge on any atom is -0.324 e. The van der Waals surface area contributed by atoms with Crippen molar-refractivity contribution >= 4 is 11.0 Å². The van der Waals surface area contributed by atoms with Gasteiger partial charge in [-0.05, 0) is 110 Å². The first kappa shape index (κ1) is 28.0. The van der Waals surface area contributed by atoms with Gasteiger partial charge in [0.25, 0.3) is 0 Å². The van der Waals surface area contributed by atoms with Gasteiger partial charge < -0.3 is 4.57 Å². The Morgan fingerprint density at radius 1 is 0.468 bits per heavy atom. The zero-order chi connectivity index (χ0) is 32.1. The van der Waals surface area contributed by atoms with Crippen LogP contribution in [0.25, 0.3) is 66.9 Å². The molecule has 0 bridgehead atoms. The molecule has 0 N–H and O–H groups in total. The summed E-state index contributed by atoms with van der Waals surface area (Å²) >= 11 is 0. The summed E-state index contributed by atoms with van der Waals surface area (Å²) in [5, 5.41) is 0. The second kappa shape index (κ2) is 9.89. The van der Waals surface area contributed by atoms with Crippen molar-refractivity contribution in [3.8, 4) is 55.9 Å². The molecule has 2 aliphatic rings. The van der Waals surface area contributed by atoms with Crippen LogP contribution in [-0.2, 0) is 17.4 Å². The Balaban J connectivity index is 1.12. The summed E-state index contributed by atoms with van der Waals surface area (Å²) in [6, 6.07) is 47.2. The van der Waals surface area contributed by atoms with E-state index in [1.165, 1.54) is 72.3 Å². The predicted octanol–water partition coefficient (Wildman–Crippen LogP) is 11.7. The molecular formula is C45H38N2. The third kappa shape index (κ3) is 4.01. The molecule has 0 atom stereocenters. The second-order valence-electron chi connectivity index (χ2n) is 14.3. The van der Waals surface area contributed by atoms with E-state index < -0.39 is 0 Å². The van der Waals surface area contributed by atoms with Crippen LogP contribution in [-0.4, -0.2) is 9.55 Å². The summed E-state index contributed by atoms with van der Waals surface area (Å²) in [4.78, 5) is 5.13. The molecule has 0 radical (unpaired) electrons. The SMILES string of the molecule is CCn1c(-c2ccccc2)nc2cc(-c3ccc4c(c3)C(C)(C)c3cc5c(cc3-4)C(C)(C)c3cc(-c4ccccc4)ccc3-5)ccc21. The van der Waals surface area contributed by atoms with Crippen LogP contribution in [0, 0.1) is 0 Å². The molecule has 1 heterocycles. The first-order valence-corrected chi connectivity index (χ1v) is 16.9. The number of fused-ring (bicyclic) bond motifs is 7. The fraction of sp³-hybridized carbons (Fsp3) is 0.178. The van der Waals surface area contributed by atoms with E-state index in [1.807, 2.05) is 0 Å². The van der Waals surface area contributed by atoms with Gasteiger partial charge in [0.05, 0.1) is 11.0 Å². The number of hydrogen-bond donors (Lipinski definition) is 0. The van der Waals surface area contributed by atoms with E-state index in [0.29, 0.717) is 0 Å². The maximum absolute atomic E-state index is 5.13. The Morgan fingerprint density at radius 2 is 0.936 bits per heavy atom. The van der Waals surface area contributed by atoms with E-state index >= 15 is 0 Å². The van der Waals surface area contributed by atoms with Crippen LogP contribution in [0.2, 0.25) is 0 Å². The van der Waals surface area contributed by atoms with Crippen LogP contribution in [0.5, 0.6) is 0 Å². The monoisotopic (exact) mass is 606 g/mol. The van der Waals surface area contributed by atoms with Crippen molar-refractivity contribution in [2.45, 2.75) is 52.0 Å². The molecule has 0 spiro atoms. The third-order valence-corrected chi connectivity index (χ3v) is 11.0. The molecule has 0 saturated carbocycles. The van der Waals surface area contributed by atoms with Crippen molar-refractivity contribution in [2.75, 3.05) is 0 Å². The highest BCUT2D eigenvalue weighted by molar-refractivity contribution is 5.92. The molecule has 2 aliphatic carbocycles. The summed E-state index contributed by atoms with van der Waals surface area (Å²) in [5.74, 6) is 1.03. The average Bonchev–Trinajstić information content (AvgIpc) is 3.67. The van der Waals surface area contributed by atoms with Gasteiger partial charge in [0, 0.05) is 22.9 Å². The van der Waals surface area contributed by atoms with Crippen molar-refractivity contribution < 1.29 is 0 Å². The molecule has 7 aromatic rings. The molecule has 0 fully saturated rings. The van der Waals surface area contributed by atoms with Gasteiger partial charge in [0.15, 0.2) is 0 Å². The van der Waals surface area contributed by atoms with Crippen LogP contribution in [0.3, 0.4) is 0 Å². The predicted molar refractivity (Wildman–Crippen MR) is 197 cm³/mol. The molecule has 0 saturated heterocycles. The summed E-state index contributed by atoms with van der Waals surface area (Å²) in [7, 11) is 0. The van der Waals surface area contributed by atoms with Crippen LogP contribution < -0.4 is 0 Å². The first-order chi connectivity index (χ1) is 22.8. The lowest BCUT2D eigenvalue weighted by Gasteiger charge is -2.24. The molecule has 6 aromatic carbocycles. The molecule has 228 valence electrons.